The average Bonchev–Trinajstić information content (AvgIpc) is 2.85. The zero-order valence-corrected chi connectivity index (χ0v) is 14.2. The van der Waals surface area contributed by atoms with E-state index in [0.717, 1.165) is 24.8 Å². The number of aliphatic hydroxyl groups excluding tert-OH is 2. The maximum Gasteiger partial charge on any atom is 0.286 e. The first-order valence-corrected chi connectivity index (χ1v) is 8.45. The molecule has 2 rings (SSSR count). The van der Waals surface area contributed by atoms with E-state index in [1.165, 1.54) is 0 Å². The van der Waals surface area contributed by atoms with Crippen LogP contribution in [-0.2, 0) is 16.1 Å². The van der Waals surface area contributed by atoms with Gasteiger partial charge in [-0.15, -0.1) is 5.06 Å². The number of aryl methyl sites for hydroxylation is 1. The highest BCUT2D eigenvalue weighted by atomic mass is 16.7. The summed E-state index contributed by atoms with van der Waals surface area (Å²) < 4.78 is 0. The second kappa shape index (κ2) is 8.84. The van der Waals surface area contributed by atoms with Gasteiger partial charge in [0.25, 0.3) is 11.8 Å². The Bertz CT molecular complexity index is 644. The summed E-state index contributed by atoms with van der Waals surface area (Å²) in [4.78, 5) is 40.9. The van der Waals surface area contributed by atoms with E-state index in [1.807, 2.05) is 6.07 Å². The fraction of sp³-hybridized carbons (Fsp3) is 0.500. The van der Waals surface area contributed by atoms with Crippen LogP contribution in [0.5, 0.6) is 0 Å². The molecule has 0 fully saturated rings. The van der Waals surface area contributed by atoms with E-state index in [0.29, 0.717) is 23.3 Å². The second-order valence-corrected chi connectivity index (χ2v) is 6.00. The molecule has 2 amide bonds. The molecule has 1 aromatic carbocycles. The van der Waals surface area contributed by atoms with Gasteiger partial charge in [-0.25, -0.2) is 0 Å². The molecular formula is C18H23NO6. The Labute approximate surface area is 146 Å². The number of aliphatic hydroxyl groups is 2. The summed E-state index contributed by atoms with van der Waals surface area (Å²) in [6.07, 6.45) is 1.32. The first kappa shape index (κ1) is 19.2. The molecule has 2 unspecified atom stereocenters. The Kier molecular flexibility index (Phi) is 6.81. The maximum atomic E-state index is 12.6. The van der Waals surface area contributed by atoms with Crippen molar-refractivity contribution in [3.05, 3.63) is 34.9 Å². The van der Waals surface area contributed by atoms with Gasteiger partial charge in [0.2, 0.25) is 0 Å². The minimum absolute atomic E-state index is 0.251. The third kappa shape index (κ3) is 4.12. The molecule has 0 bridgehead atoms. The lowest BCUT2D eigenvalue weighted by molar-refractivity contribution is -0.176. The van der Waals surface area contributed by atoms with Crippen molar-refractivity contribution >= 4 is 18.1 Å². The molecule has 7 heteroatoms. The van der Waals surface area contributed by atoms with Gasteiger partial charge in [-0.05, 0) is 24.5 Å². The average molecular weight is 349 g/mol. The molecular weight excluding hydrogens is 326 g/mol. The van der Waals surface area contributed by atoms with Crippen molar-refractivity contribution in [3.8, 4) is 0 Å². The molecule has 25 heavy (non-hydrogen) atoms. The van der Waals surface area contributed by atoms with Crippen LogP contribution in [0.25, 0.3) is 0 Å². The van der Waals surface area contributed by atoms with Crippen LogP contribution in [0.3, 0.4) is 0 Å². The predicted octanol–water partition coefficient (Wildman–Crippen LogP) is 1.26. The molecule has 136 valence electrons. The van der Waals surface area contributed by atoms with E-state index in [4.69, 9.17) is 4.84 Å². The van der Waals surface area contributed by atoms with Crippen LogP contribution in [0, 0.1) is 0 Å². The van der Waals surface area contributed by atoms with Crippen LogP contribution < -0.4 is 0 Å². The zero-order chi connectivity index (χ0) is 18.4. The van der Waals surface area contributed by atoms with Gasteiger partial charge in [0.15, 0.2) is 0 Å². The Balaban J connectivity index is 2.21. The van der Waals surface area contributed by atoms with E-state index < -0.39 is 30.6 Å². The summed E-state index contributed by atoms with van der Waals surface area (Å²) >= 11 is 0. The highest BCUT2D eigenvalue weighted by Crippen LogP contribution is 2.28. The van der Waals surface area contributed by atoms with E-state index in [2.05, 4.69) is 6.92 Å². The van der Waals surface area contributed by atoms with Crippen LogP contribution >= 0.6 is 0 Å². The van der Waals surface area contributed by atoms with Crippen LogP contribution in [-0.4, -0.2) is 52.2 Å². The highest BCUT2D eigenvalue weighted by Gasteiger charge is 2.40. The summed E-state index contributed by atoms with van der Waals surface area (Å²) in [6, 6.07) is 5.09. The third-order valence-corrected chi connectivity index (χ3v) is 4.20. The van der Waals surface area contributed by atoms with Crippen LogP contribution in [0.1, 0.15) is 58.9 Å². The molecule has 2 N–H and O–H groups in total. The topological polar surface area (TPSA) is 104 Å². The van der Waals surface area contributed by atoms with Crippen molar-refractivity contribution in [2.75, 3.05) is 6.61 Å². The van der Waals surface area contributed by atoms with Gasteiger partial charge < -0.3 is 15.0 Å². The van der Waals surface area contributed by atoms with Crippen molar-refractivity contribution < 1.29 is 29.4 Å². The van der Waals surface area contributed by atoms with Crippen molar-refractivity contribution in [2.24, 2.45) is 0 Å². The summed E-state index contributed by atoms with van der Waals surface area (Å²) in [5, 5.41) is 19.7. The number of rotatable bonds is 10. The molecule has 1 heterocycles. The van der Waals surface area contributed by atoms with Crippen molar-refractivity contribution in [3.63, 3.8) is 0 Å². The van der Waals surface area contributed by atoms with Gasteiger partial charge in [-0.2, -0.15) is 0 Å². The summed E-state index contributed by atoms with van der Waals surface area (Å²) in [5.41, 5.74) is 1.34. The maximum absolute atomic E-state index is 12.6. The van der Waals surface area contributed by atoms with E-state index in [1.54, 1.807) is 12.1 Å². The normalized spacial score (nSPS) is 16.0. The molecule has 1 aliphatic rings. The minimum Gasteiger partial charge on any atom is -0.393 e. The number of unbranched alkanes of at least 4 members (excludes halogenated alkanes) is 2. The van der Waals surface area contributed by atoms with Gasteiger partial charge in [0, 0.05) is 6.42 Å². The number of fused-ring (bicyclic) bond motifs is 1. The number of amides is 2. The van der Waals surface area contributed by atoms with Crippen molar-refractivity contribution in [1.29, 1.82) is 0 Å². The lowest BCUT2D eigenvalue weighted by atomic mass is 9.98. The van der Waals surface area contributed by atoms with Gasteiger partial charge in [0.05, 0.1) is 23.8 Å². The Hall–Kier alpha value is -2.09. The monoisotopic (exact) mass is 349 g/mol. The molecule has 0 spiro atoms. The number of carbonyl (C=O) groups is 3. The fourth-order valence-corrected chi connectivity index (χ4v) is 2.81. The minimum atomic E-state index is -1.31. The van der Waals surface area contributed by atoms with Gasteiger partial charge in [-0.1, -0.05) is 31.9 Å². The zero-order valence-electron chi connectivity index (χ0n) is 14.2. The molecule has 0 saturated carbocycles. The van der Waals surface area contributed by atoms with Gasteiger partial charge >= 0.3 is 0 Å². The highest BCUT2D eigenvalue weighted by molar-refractivity contribution is 6.21. The lowest BCUT2D eigenvalue weighted by Gasteiger charge is -2.23. The Morgan fingerprint density at radius 3 is 2.64 bits per heavy atom. The quantitative estimate of drug-likeness (QED) is 0.374. The predicted molar refractivity (Wildman–Crippen MR) is 88.8 cm³/mol. The number of hydrogen-bond donors (Lipinski definition) is 2. The number of aldehydes is 1. The fourth-order valence-electron chi connectivity index (χ4n) is 2.81. The van der Waals surface area contributed by atoms with E-state index in [-0.39, 0.29) is 12.0 Å². The Morgan fingerprint density at radius 1 is 1.24 bits per heavy atom. The van der Waals surface area contributed by atoms with Gasteiger partial charge in [0.1, 0.15) is 12.4 Å². The lowest BCUT2D eigenvalue weighted by Crippen LogP contribution is -2.42. The van der Waals surface area contributed by atoms with Crippen molar-refractivity contribution in [1.82, 2.24) is 5.06 Å². The number of carbonyl (C=O) groups excluding carboxylic acids is 3. The smallest absolute Gasteiger partial charge is 0.286 e. The summed E-state index contributed by atoms with van der Waals surface area (Å²) in [6.45, 7) is 1.45. The SMILES string of the molecule is CCCCCc1cccc2c1C(=O)N(OC(CO)C(O)CC=O)C2=O. The summed E-state index contributed by atoms with van der Waals surface area (Å²) in [7, 11) is 0. The van der Waals surface area contributed by atoms with Crippen LogP contribution in [0.4, 0.5) is 0 Å². The van der Waals surface area contributed by atoms with Gasteiger partial charge in [-0.3, -0.25) is 14.4 Å². The second-order valence-electron chi connectivity index (χ2n) is 6.00. The molecule has 7 nitrogen and oxygen atoms in total. The molecule has 1 aromatic rings. The Morgan fingerprint density at radius 2 is 2.00 bits per heavy atom. The number of hydroxylamine groups is 2. The van der Waals surface area contributed by atoms with Crippen LogP contribution in [0.15, 0.2) is 18.2 Å². The molecule has 0 aromatic heterocycles. The number of imide groups is 1. The molecule has 0 aliphatic carbocycles. The molecule has 0 saturated heterocycles. The third-order valence-electron chi connectivity index (χ3n) is 4.20. The van der Waals surface area contributed by atoms with E-state index in [9.17, 15) is 24.6 Å². The summed E-state index contributed by atoms with van der Waals surface area (Å²) in [5.74, 6) is -1.24. The first-order valence-electron chi connectivity index (χ1n) is 8.45. The standard InChI is InChI=1S/C18H23NO6/c1-2-3-4-6-12-7-5-8-13-16(12)18(24)19(17(13)23)25-15(11-21)14(22)9-10-20/h5,7-8,10,14-15,21-22H,2-4,6,9,11H2,1H3. The molecule has 0 radical (unpaired) electrons. The van der Waals surface area contributed by atoms with Crippen LogP contribution in [0.2, 0.25) is 0 Å². The number of nitrogens with zero attached hydrogens (tertiary/aromatic N) is 1. The number of hydrogen-bond acceptors (Lipinski definition) is 6. The molecule has 1 aliphatic heterocycles. The first-order chi connectivity index (χ1) is 12.0. The van der Waals surface area contributed by atoms with E-state index >= 15 is 0 Å². The van der Waals surface area contributed by atoms with Crippen molar-refractivity contribution in [2.45, 2.75) is 51.2 Å². The molecule has 2 atom stereocenters. The largest absolute Gasteiger partial charge is 0.393 e. The number of benzene rings is 1.